The molecule has 18 heavy (non-hydrogen) atoms. The first-order valence-corrected chi connectivity index (χ1v) is 7.21. The molecule has 1 unspecified atom stereocenters. The van der Waals surface area contributed by atoms with Crippen LogP contribution in [0.15, 0.2) is 27.1 Å². The summed E-state index contributed by atoms with van der Waals surface area (Å²) in [5, 5.41) is 0. The van der Waals surface area contributed by atoms with Gasteiger partial charge in [-0.1, -0.05) is 45.2 Å². The molecule has 0 saturated carbocycles. The molecule has 1 rings (SSSR count). The van der Waals surface area contributed by atoms with Crippen molar-refractivity contribution in [3.63, 3.8) is 0 Å². The van der Waals surface area contributed by atoms with Crippen LogP contribution in [-0.2, 0) is 4.79 Å². The van der Waals surface area contributed by atoms with E-state index >= 15 is 0 Å². The Morgan fingerprint density at radius 1 is 1.22 bits per heavy atom. The second kappa shape index (κ2) is 7.14. The van der Waals surface area contributed by atoms with E-state index in [4.69, 9.17) is 0 Å². The molecule has 1 aromatic rings. The average Bonchev–Trinajstić information content (AvgIpc) is 2.32. The zero-order chi connectivity index (χ0) is 13.7. The molecule has 0 spiro atoms. The van der Waals surface area contributed by atoms with E-state index in [-0.39, 0.29) is 12.0 Å². The fourth-order valence-corrected chi connectivity index (χ4v) is 2.76. The molecule has 0 aromatic heterocycles. The van der Waals surface area contributed by atoms with Gasteiger partial charge < -0.3 is 0 Å². The lowest BCUT2D eigenvalue weighted by molar-refractivity contribution is -0.122. The number of alkyl halides is 1. The van der Waals surface area contributed by atoms with Gasteiger partial charge in [0, 0.05) is 20.9 Å². The number of hydrogen-bond donors (Lipinski definition) is 0. The first-order chi connectivity index (χ1) is 8.45. The van der Waals surface area contributed by atoms with Gasteiger partial charge in [0.05, 0.1) is 0 Å². The number of benzene rings is 1. The summed E-state index contributed by atoms with van der Waals surface area (Å²) >= 11 is 6.44. The standard InChI is InChI=1S/C13H13Br2FO2/c1-2-3-4-11(17)12(16)13(18)8-5-9(14)7-10(15)6-8/h5-7,12H,2-4H2,1H3. The van der Waals surface area contributed by atoms with E-state index in [2.05, 4.69) is 31.9 Å². The largest absolute Gasteiger partial charge is 0.296 e. The first-order valence-electron chi connectivity index (χ1n) is 5.62. The summed E-state index contributed by atoms with van der Waals surface area (Å²) in [6.07, 6.45) is -0.541. The second-order valence-electron chi connectivity index (χ2n) is 3.95. The minimum atomic E-state index is -2.06. The molecule has 0 saturated heterocycles. The van der Waals surface area contributed by atoms with Gasteiger partial charge in [0.25, 0.3) is 0 Å². The van der Waals surface area contributed by atoms with Crippen LogP contribution in [0.25, 0.3) is 0 Å². The first kappa shape index (κ1) is 15.5. The molecular formula is C13H13Br2FO2. The van der Waals surface area contributed by atoms with Crippen LogP contribution < -0.4 is 0 Å². The number of Topliss-reactive ketones (excluding diaryl/α,β-unsaturated/α-hetero) is 2. The Morgan fingerprint density at radius 3 is 2.28 bits per heavy atom. The molecule has 1 atom stereocenters. The van der Waals surface area contributed by atoms with Gasteiger partial charge in [-0.25, -0.2) is 4.39 Å². The van der Waals surface area contributed by atoms with Crippen molar-refractivity contribution in [2.45, 2.75) is 32.4 Å². The Labute approximate surface area is 122 Å². The van der Waals surface area contributed by atoms with Crippen molar-refractivity contribution in [1.82, 2.24) is 0 Å². The molecule has 0 bridgehead atoms. The van der Waals surface area contributed by atoms with Crippen LogP contribution in [0.5, 0.6) is 0 Å². The van der Waals surface area contributed by atoms with Crippen LogP contribution in [0.1, 0.15) is 36.5 Å². The molecule has 2 nitrogen and oxygen atoms in total. The molecule has 1 aromatic carbocycles. The van der Waals surface area contributed by atoms with Crippen molar-refractivity contribution in [2.24, 2.45) is 0 Å². The molecule has 0 aliphatic carbocycles. The van der Waals surface area contributed by atoms with E-state index < -0.39 is 17.7 Å². The van der Waals surface area contributed by atoms with Gasteiger partial charge in [0.15, 0.2) is 5.78 Å². The predicted molar refractivity (Wildman–Crippen MR) is 75.6 cm³/mol. The summed E-state index contributed by atoms with van der Waals surface area (Å²) in [5.74, 6) is -1.42. The quantitative estimate of drug-likeness (QED) is 0.539. The maximum atomic E-state index is 13.7. The molecule has 98 valence electrons. The van der Waals surface area contributed by atoms with Crippen LogP contribution in [0.3, 0.4) is 0 Å². The molecule has 0 heterocycles. The van der Waals surface area contributed by atoms with Gasteiger partial charge in [-0.05, 0) is 24.6 Å². The molecule has 0 amide bonds. The summed E-state index contributed by atoms with van der Waals surface area (Å²) in [5.41, 5.74) is 0.189. The summed E-state index contributed by atoms with van der Waals surface area (Å²) in [4.78, 5) is 23.3. The predicted octanol–water partition coefficient (Wildman–Crippen LogP) is 4.49. The monoisotopic (exact) mass is 378 g/mol. The molecule has 5 heteroatoms. The van der Waals surface area contributed by atoms with E-state index in [0.717, 1.165) is 6.42 Å². The van der Waals surface area contributed by atoms with Gasteiger partial charge >= 0.3 is 0 Å². The normalized spacial score (nSPS) is 12.2. The zero-order valence-corrected chi connectivity index (χ0v) is 13.1. The Hall–Kier alpha value is -0.550. The molecule has 0 radical (unpaired) electrons. The number of halogens is 3. The maximum Gasteiger partial charge on any atom is 0.220 e. The van der Waals surface area contributed by atoms with E-state index in [1.807, 2.05) is 6.92 Å². The highest BCUT2D eigenvalue weighted by Gasteiger charge is 2.26. The summed E-state index contributed by atoms with van der Waals surface area (Å²) < 4.78 is 15.1. The van der Waals surface area contributed by atoms with Gasteiger partial charge in [0.2, 0.25) is 12.0 Å². The van der Waals surface area contributed by atoms with Gasteiger partial charge in [-0.2, -0.15) is 0 Å². The SMILES string of the molecule is CCCCC(=O)C(F)C(=O)c1cc(Br)cc(Br)c1. The lowest BCUT2D eigenvalue weighted by atomic mass is 10.0. The average molecular weight is 380 g/mol. The lowest BCUT2D eigenvalue weighted by Gasteiger charge is -2.07. The minimum absolute atomic E-state index is 0.110. The van der Waals surface area contributed by atoms with Crippen molar-refractivity contribution in [3.05, 3.63) is 32.7 Å². The Bertz CT molecular complexity index is 440. The number of carbonyl (C=O) groups is 2. The van der Waals surface area contributed by atoms with Crippen LogP contribution in [-0.4, -0.2) is 17.7 Å². The van der Waals surface area contributed by atoms with Crippen LogP contribution in [0.4, 0.5) is 4.39 Å². The van der Waals surface area contributed by atoms with Crippen LogP contribution >= 0.6 is 31.9 Å². The molecule has 0 N–H and O–H groups in total. The highest BCUT2D eigenvalue weighted by molar-refractivity contribution is 9.11. The smallest absolute Gasteiger partial charge is 0.220 e. The maximum absolute atomic E-state index is 13.7. The minimum Gasteiger partial charge on any atom is -0.296 e. The third-order valence-corrected chi connectivity index (χ3v) is 3.35. The third-order valence-electron chi connectivity index (χ3n) is 2.44. The zero-order valence-electron chi connectivity index (χ0n) is 9.88. The van der Waals surface area contributed by atoms with Gasteiger partial charge in [-0.15, -0.1) is 0 Å². The Balaban J connectivity index is 2.82. The van der Waals surface area contributed by atoms with Crippen molar-refractivity contribution in [2.75, 3.05) is 0 Å². The summed E-state index contributed by atoms with van der Waals surface area (Å²) in [7, 11) is 0. The van der Waals surface area contributed by atoms with Gasteiger partial charge in [-0.3, -0.25) is 9.59 Å². The lowest BCUT2D eigenvalue weighted by Crippen LogP contribution is -2.25. The molecule has 0 fully saturated rings. The van der Waals surface area contributed by atoms with Crippen molar-refractivity contribution in [3.8, 4) is 0 Å². The van der Waals surface area contributed by atoms with Crippen molar-refractivity contribution >= 4 is 43.4 Å². The number of rotatable bonds is 6. The van der Waals surface area contributed by atoms with E-state index in [1.54, 1.807) is 6.07 Å². The highest BCUT2D eigenvalue weighted by atomic mass is 79.9. The number of hydrogen-bond acceptors (Lipinski definition) is 2. The fraction of sp³-hybridized carbons (Fsp3) is 0.385. The second-order valence-corrected chi connectivity index (χ2v) is 5.79. The summed E-state index contributed by atoms with van der Waals surface area (Å²) in [6, 6.07) is 4.75. The summed E-state index contributed by atoms with van der Waals surface area (Å²) in [6.45, 7) is 1.91. The fourth-order valence-electron chi connectivity index (χ4n) is 1.47. The number of carbonyl (C=O) groups excluding carboxylic acids is 2. The Morgan fingerprint density at radius 2 is 1.78 bits per heavy atom. The third kappa shape index (κ3) is 4.28. The van der Waals surface area contributed by atoms with E-state index in [0.29, 0.717) is 15.4 Å². The molecule has 0 aliphatic heterocycles. The molecule has 0 aliphatic rings. The topological polar surface area (TPSA) is 34.1 Å². The van der Waals surface area contributed by atoms with Crippen LogP contribution in [0, 0.1) is 0 Å². The highest BCUT2D eigenvalue weighted by Crippen LogP contribution is 2.22. The molecular weight excluding hydrogens is 367 g/mol. The van der Waals surface area contributed by atoms with Crippen molar-refractivity contribution in [1.29, 1.82) is 0 Å². The Kier molecular flexibility index (Phi) is 6.15. The number of ketones is 2. The van der Waals surface area contributed by atoms with Crippen LogP contribution in [0.2, 0.25) is 0 Å². The van der Waals surface area contributed by atoms with E-state index in [1.165, 1.54) is 12.1 Å². The van der Waals surface area contributed by atoms with Crippen molar-refractivity contribution < 1.29 is 14.0 Å². The number of unbranched alkanes of at least 4 members (excludes halogenated alkanes) is 1. The van der Waals surface area contributed by atoms with Gasteiger partial charge in [0.1, 0.15) is 0 Å². The van der Waals surface area contributed by atoms with E-state index in [9.17, 15) is 14.0 Å².